The lowest BCUT2D eigenvalue weighted by Gasteiger charge is -2.34. The van der Waals surface area contributed by atoms with E-state index in [9.17, 15) is 13.2 Å². The van der Waals surface area contributed by atoms with E-state index >= 15 is 0 Å². The summed E-state index contributed by atoms with van der Waals surface area (Å²) >= 11 is 6.02. The minimum Gasteiger partial charge on any atom is -0.334 e. The van der Waals surface area contributed by atoms with Crippen LogP contribution in [0.15, 0.2) is 83.9 Å². The number of carbonyl (C=O) groups is 1. The molecule has 1 saturated heterocycles. The van der Waals surface area contributed by atoms with Gasteiger partial charge >= 0.3 is 0 Å². The Kier molecular flexibility index (Phi) is 7.42. The third-order valence-electron chi connectivity index (χ3n) is 5.89. The molecule has 33 heavy (non-hydrogen) atoms. The van der Waals surface area contributed by atoms with Crippen LogP contribution in [0.2, 0.25) is 5.15 Å². The maximum atomic E-state index is 13.5. The molecule has 0 spiro atoms. The molecule has 0 atom stereocenters. The average molecular weight is 484 g/mol. The average Bonchev–Trinajstić information content (AvgIpc) is 2.85. The summed E-state index contributed by atoms with van der Waals surface area (Å²) in [6.07, 6.45) is 2.40. The highest BCUT2D eigenvalue weighted by molar-refractivity contribution is 7.89. The molecule has 2 heterocycles. The highest BCUT2D eigenvalue weighted by atomic mass is 35.5. The van der Waals surface area contributed by atoms with E-state index in [2.05, 4.69) is 4.98 Å². The normalized spacial score (nSPS) is 15.3. The van der Waals surface area contributed by atoms with Crippen molar-refractivity contribution in [3.8, 4) is 0 Å². The zero-order chi connectivity index (χ0) is 23.3. The van der Waals surface area contributed by atoms with Gasteiger partial charge in [0, 0.05) is 38.3 Å². The Morgan fingerprint density at radius 3 is 1.97 bits per heavy atom. The first kappa shape index (κ1) is 23.4. The highest BCUT2D eigenvalue weighted by Crippen LogP contribution is 2.28. The van der Waals surface area contributed by atoms with Crippen LogP contribution in [0.5, 0.6) is 0 Å². The van der Waals surface area contributed by atoms with Crippen molar-refractivity contribution >= 4 is 27.5 Å². The predicted molar refractivity (Wildman–Crippen MR) is 128 cm³/mol. The van der Waals surface area contributed by atoms with Gasteiger partial charge in [-0.2, -0.15) is 4.31 Å². The molecule has 0 saturated carbocycles. The number of amides is 1. The van der Waals surface area contributed by atoms with Gasteiger partial charge in [0.25, 0.3) is 0 Å². The van der Waals surface area contributed by atoms with Crippen LogP contribution in [0.3, 0.4) is 0 Å². The molecule has 2 aromatic carbocycles. The number of pyridine rings is 1. The van der Waals surface area contributed by atoms with Crippen molar-refractivity contribution in [2.45, 2.75) is 30.8 Å². The summed E-state index contributed by atoms with van der Waals surface area (Å²) < 4.78 is 27.4. The molecule has 1 aliphatic heterocycles. The molecule has 0 radical (unpaired) electrons. The van der Waals surface area contributed by atoms with Crippen molar-refractivity contribution in [3.05, 3.63) is 95.3 Å². The van der Waals surface area contributed by atoms with Crippen LogP contribution in [0.4, 0.5) is 0 Å². The van der Waals surface area contributed by atoms with Gasteiger partial charge in [-0.15, -0.1) is 0 Å². The number of benzene rings is 2. The fourth-order valence-electron chi connectivity index (χ4n) is 4.12. The van der Waals surface area contributed by atoms with E-state index in [-0.39, 0.29) is 35.0 Å². The second-order valence-corrected chi connectivity index (χ2v) is 10.4. The molecule has 1 amide bonds. The fourth-order valence-corrected chi connectivity index (χ4v) is 6.02. The van der Waals surface area contributed by atoms with Crippen LogP contribution in [-0.2, 0) is 27.9 Å². The summed E-state index contributed by atoms with van der Waals surface area (Å²) in [6.45, 7) is 1.57. The number of sulfonamides is 1. The molecule has 1 fully saturated rings. The molecular weight excluding hydrogens is 458 g/mol. The van der Waals surface area contributed by atoms with Crippen molar-refractivity contribution in [2.24, 2.45) is 5.92 Å². The lowest BCUT2D eigenvalue weighted by Crippen LogP contribution is -2.44. The summed E-state index contributed by atoms with van der Waals surface area (Å²) in [5.41, 5.74) is 2.13. The summed E-state index contributed by atoms with van der Waals surface area (Å²) in [5.74, 6) is -0.174. The van der Waals surface area contributed by atoms with Gasteiger partial charge in [-0.25, -0.2) is 13.4 Å². The number of piperidine rings is 1. The molecule has 1 aromatic heterocycles. The van der Waals surface area contributed by atoms with Gasteiger partial charge in [0.05, 0.1) is 0 Å². The number of rotatable bonds is 7. The number of nitrogens with zero attached hydrogens (tertiary/aromatic N) is 3. The molecule has 0 unspecified atom stereocenters. The highest BCUT2D eigenvalue weighted by Gasteiger charge is 2.35. The number of hydrogen-bond donors (Lipinski definition) is 0. The van der Waals surface area contributed by atoms with Gasteiger partial charge < -0.3 is 4.90 Å². The lowest BCUT2D eigenvalue weighted by molar-refractivity contribution is -0.138. The molecular formula is C25H26ClN3O3S. The van der Waals surface area contributed by atoms with Crippen molar-refractivity contribution in [2.75, 3.05) is 13.1 Å². The first-order valence-corrected chi connectivity index (χ1v) is 12.7. The molecule has 0 N–H and O–H groups in total. The lowest BCUT2D eigenvalue weighted by atomic mass is 9.96. The van der Waals surface area contributed by atoms with Gasteiger partial charge in [0.1, 0.15) is 10.0 Å². The van der Waals surface area contributed by atoms with Crippen molar-refractivity contribution in [1.82, 2.24) is 14.2 Å². The Balaban J connectivity index is 1.47. The number of halogens is 1. The predicted octanol–water partition coefficient (Wildman–Crippen LogP) is 4.36. The van der Waals surface area contributed by atoms with Gasteiger partial charge in [0.2, 0.25) is 15.9 Å². The second kappa shape index (κ2) is 10.5. The summed E-state index contributed by atoms with van der Waals surface area (Å²) in [6, 6.07) is 22.8. The minimum atomic E-state index is -3.75. The summed E-state index contributed by atoms with van der Waals surface area (Å²) in [4.78, 5) is 19.3. The third-order valence-corrected chi connectivity index (χ3v) is 8.23. The van der Waals surface area contributed by atoms with Crippen molar-refractivity contribution in [3.63, 3.8) is 0 Å². The van der Waals surface area contributed by atoms with Gasteiger partial charge in [0.15, 0.2) is 0 Å². The van der Waals surface area contributed by atoms with Gasteiger partial charge in [-0.05, 0) is 36.1 Å². The Bertz CT molecular complexity index is 1140. The topological polar surface area (TPSA) is 70.6 Å². The SMILES string of the molecule is O=C(C1CCN(S(=O)(=O)c2cccnc2Cl)CC1)N(Cc1ccccc1)Cc1ccccc1. The minimum absolute atomic E-state index is 0.00576. The van der Waals surface area contributed by atoms with Gasteiger partial charge in [-0.3, -0.25) is 4.79 Å². The smallest absolute Gasteiger partial charge is 0.246 e. The molecule has 0 aliphatic carbocycles. The van der Waals surface area contributed by atoms with E-state index in [1.165, 1.54) is 16.6 Å². The second-order valence-electron chi connectivity index (χ2n) is 8.14. The zero-order valence-electron chi connectivity index (χ0n) is 18.2. The van der Waals surface area contributed by atoms with Gasteiger partial charge in [-0.1, -0.05) is 72.3 Å². The molecule has 8 heteroatoms. The first-order valence-electron chi connectivity index (χ1n) is 10.9. The third kappa shape index (κ3) is 5.61. The molecule has 0 bridgehead atoms. The van der Waals surface area contributed by atoms with Crippen LogP contribution >= 0.6 is 11.6 Å². The standard InChI is InChI=1S/C25H26ClN3O3S/c26-24-23(12-7-15-27-24)33(31,32)29-16-13-22(14-17-29)25(30)28(18-20-8-3-1-4-9-20)19-21-10-5-2-6-11-21/h1-12,15,22H,13-14,16-19H2. The maximum Gasteiger partial charge on any atom is 0.246 e. The quantitative estimate of drug-likeness (QED) is 0.468. The van der Waals surface area contributed by atoms with Crippen molar-refractivity contribution in [1.29, 1.82) is 0 Å². The number of aromatic nitrogens is 1. The van der Waals surface area contributed by atoms with Crippen LogP contribution in [0.1, 0.15) is 24.0 Å². The van der Waals surface area contributed by atoms with Crippen LogP contribution in [0.25, 0.3) is 0 Å². The van der Waals surface area contributed by atoms with E-state index in [1.807, 2.05) is 65.6 Å². The Labute approximate surface area is 199 Å². The van der Waals surface area contributed by atoms with Crippen LogP contribution in [0, 0.1) is 5.92 Å². The van der Waals surface area contributed by atoms with E-state index < -0.39 is 10.0 Å². The zero-order valence-corrected chi connectivity index (χ0v) is 19.8. The Morgan fingerprint density at radius 1 is 0.909 bits per heavy atom. The maximum absolute atomic E-state index is 13.5. The molecule has 1 aliphatic rings. The molecule has 6 nitrogen and oxygen atoms in total. The fraction of sp³-hybridized carbons (Fsp3) is 0.280. The largest absolute Gasteiger partial charge is 0.334 e. The van der Waals surface area contributed by atoms with E-state index in [0.29, 0.717) is 25.9 Å². The van der Waals surface area contributed by atoms with Crippen molar-refractivity contribution < 1.29 is 13.2 Å². The summed E-state index contributed by atoms with van der Waals surface area (Å²) in [7, 11) is -3.75. The summed E-state index contributed by atoms with van der Waals surface area (Å²) in [5, 5.41) is -0.0346. The number of carbonyl (C=O) groups excluding carboxylic acids is 1. The monoisotopic (exact) mass is 483 g/mol. The molecule has 4 rings (SSSR count). The van der Waals surface area contributed by atoms with Crippen LogP contribution in [-0.4, -0.2) is 41.6 Å². The molecule has 172 valence electrons. The van der Waals surface area contributed by atoms with E-state index in [4.69, 9.17) is 11.6 Å². The number of hydrogen-bond acceptors (Lipinski definition) is 4. The Morgan fingerprint density at radius 2 is 1.45 bits per heavy atom. The van der Waals surface area contributed by atoms with Crippen LogP contribution < -0.4 is 0 Å². The first-order chi connectivity index (χ1) is 15.9. The van der Waals surface area contributed by atoms with E-state index in [1.54, 1.807) is 6.07 Å². The Hall–Kier alpha value is -2.74. The molecule has 3 aromatic rings. The van der Waals surface area contributed by atoms with E-state index in [0.717, 1.165) is 11.1 Å².